The van der Waals surface area contributed by atoms with Gasteiger partial charge in [0, 0.05) is 41.6 Å². The molecule has 0 spiro atoms. The summed E-state index contributed by atoms with van der Waals surface area (Å²) in [5.74, 6) is 8.03. The lowest BCUT2D eigenvalue weighted by atomic mass is 9.97. The lowest BCUT2D eigenvalue weighted by molar-refractivity contribution is 0.201. The lowest BCUT2D eigenvalue weighted by Gasteiger charge is -2.16. The van der Waals surface area contributed by atoms with E-state index < -0.39 is 0 Å². The third kappa shape index (κ3) is 5.68. The van der Waals surface area contributed by atoms with Crippen LogP contribution >= 0.6 is 0 Å². The van der Waals surface area contributed by atoms with Crippen molar-refractivity contribution in [1.82, 2.24) is 4.98 Å². The van der Waals surface area contributed by atoms with Gasteiger partial charge in [0.05, 0.1) is 31.8 Å². The SMILES string of the molecule is COc1cc(C#Cc2ccccc2)cc(-c2oc3cc(OCCO)ccc3c(=O)c2Cc2cccnc2)c1OC. The molecule has 200 valence electrons. The first-order valence-electron chi connectivity index (χ1n) is 12.7. The van der Waals surface area contributed by atoms with E-state index in [1.54, 1.807) is 43.8 Å². The van der Waals surface area contributed by atoms with E-state index in [1.807, 2.05) is 48.5 Å². The van der Waals surface area contributed by atoms with Crippen molar-refractivity contribution >= 4 is 11.0 Å². The molecule has 0 atom stereocenters. The molecule has 0 aliphatic rings. The molecule has 0 saturated heterocycles. The number of aromatic nitrogens is 1. The molecule has 2 heterocycles. The highest BCUT2D eigenvalue weighted by Crippen LogP contribution is 2.41. The van der Waals surface area contributed by atoms with Gasteiger partial charge in [-0.1, -0.05) is 36.1 Å². The van der Waals surface area contributed by atoms with Crippen molar-refractivity contribution in [3.63, 3.8) is 0 Å². The van der Waals surface area contributed by atoms with E-state index in [1.165, 1.54) is 7.11 Å². The zero-order chi connectivity index (χ0) is 27.9. The predicted molar refractivity (Wildman–Crippen MR) is 153 cm³/mol. The van der Waals surface area contributed by atoms with Gasteiger partial charge in [0.15, 0.2) is 16.9 Å². The van der Waals surface area contributed by atoms with Crippen molar-refractivity contribution in [2.24, 2.45) is 0 Å². The van der Waals surface area contributed by atoms with Crippen LogP contribution in [0.1, 0.15) is 22.3 Å². The van der Waals surface area contributed by atoms with Crippen LogP contribution in [0.25, 0.3) is 22.3 Å². The van der Waals surface area contributed by atoms with Crippen LogP contribution in [0.5, 0.6) is 17.2 Å². The number of nitrogens with zero attached hydrogens (tertiary/aromatic N) is 1. The summed E-state index contributed by atoms with van der Waals surface area (Å²) in [5.41, 5.74) is 3.50. The number of hydrogen-bond donors (Lipinski definition) is 1. The monoisotopic (exact) mass is 533 g/mol. The summed E-state index contributed by atoms with van der Waals surface area (Å²) < 4.78 is 23.5. The molecule has 0 aliphatic heterocycles. The Morgan fingerprint density at radius 1 is 0.925 bits per heavy atom. The van der Waals surface area contributed by atoms with E-state index in [4.69, 9.17) is 23.7 Å². The summed E-state index contributed by atoms with van der Waals surface area (Å²) in [6, 6.07) is 22.0. The highest BCUT2D eigenvalue weighted by molar-refractivity contribution is 5.84. The minimum Gasteiger partial charge on any atom is -0.493 e. The minimum absolute atomic E-state index is 0.120. The van der Waals surface area contributed by atoms with E-state index >= 15 is 0 Å². The molecule has 0 fully saturated rings. The highest BCUT2D eigenvalue weighted by Gasteiger charge is 2.23. The van der Waals surface area contributed by atoms with Gasteiger partial charge >= 0.3 is 0 Å². The third-order valence-electron chi connectivity index (χ3n) is 6.27. The van der Waals surface area contributed by atoms with Gasteiger partial charge in [-0.05, 0) is 48.0 Å². The van der Waals surface area contributed by atoms with Crippen molar-refractivity contribution in [3.05, 3.63) is 118 Å². The number of aliphatic hydroxyl groups excluding tert-OH is 1. The smallest absolute Gasteiger partial charge is 0.196 e. The van der Waals surface area contributed by atoms with Gasteiger partial charge in [-0.25, -0.2) is 0 Å². The first-order chi connectivity index (χ1) is 19.6. The fourth-order valence-corrected chi connectivity index (χ4v) is 4.42. The zero-order valence-corrected chi connectivity index (χ0v) is 22.1. The quantitative estimate of drug-likeness (QED) is 0.273. The number of ether oxygens (including phenoxy) is 3. The van der Waals surface area contributed by atoms with Crippen molar-refractivity contribution in [2.75, 3.05) is 27.4 Å². The third-order valence-corrected chi connectivity index (χ3v) is 6.27. The number of aliphatic hydroxyl groups is 1. The highest BCUT2D eigenvalue weighted by atomic mass is 16.5. The van der Waals surface area contributed by atoms with Crippen LogP contribution in [0.15, 0.2) is 94.4 Å². The second kappa shape index (κ2) is 12.2. The lowest BCUT2D eigenvalue weighted by Crippen LogP contribution is -2.13. The zero-order valence-electron chi connectivity index (χ0n) is 22.1. The van der Waals surface area contributed by atoms with E-state index in [-0.39, 0.29) is 25.1 Å². The number of methoxy groups -OCH3 is 2. The number of fused-ring (bicyclic) bond motifs is 1. The first-order valence-corrected chi connectivity index (χ1v) is 12.7. The maximum Gasteiger partial charge on any atom is 0.196 e. The molecule has 0 bridgehead atoms. The summed E-state index contributed by atoms with van der Waals surface area (Å²) in [6.07, 6.45) is 3.69. The topological polar surface area (TPSA) is 91.0 Å². The predicted octanol–water partition coefficient (Wildman–Crippen LogP) is 5.23. The molecule has 0 unspecified atom stereocenters. The van der Waals surface area contributed by atoms with Gasteiger partial charge in [-0.3, -0.25) is 9.78 Å². The van der Waals surface area contributed by atoms with E-state index in [0.717, 1.165) is 11.1 Å². The van der Waals surface area contributed by atoms with Crippen LogP contribution in [0.3, 0.4) is 0 Å². The number of rotatable bonds is 8. The standard InChI is InChI=1S/C33H27NO6/c1-37-30-19-23(11-10-22-7-4-3-5-8-22)17-28(33(30)38-2)32-27(18-24-9-6-14-34-21-24)31(36)26-13-12-25(39-16-15-35)20-29(26)40-32/h3-9,12-14,17,19-21,35H,15-16,18H2,1-2H3. The molecular weight excluding hydrogens is 506 g/mol. The fraction of sp³-hybridized carbons (Fsp3) is 0.152. The average Bonchev–Trinajstić information content (AvgIpc) is 3.00. The van der Waals surface area contributed by atoms with Gasteiger partial charge in [-0.2, -0.15) is 0 Å². The molecule has 7 nitrogen and oxygen atoms in total. The molecule has 0 saturated carbocycles. The summed E-state index contributed by atoms with van der Waals surface area (Å²) >= 11 is 0. The molecule has 7 heteroatoms. The van der Waals surface area contributed by atoms with Crippen molar-refractivity contribution in [1.29, 1.82) is 0 Å². The molecule has 40 heavy (non-hydrogen) atoms. The van der Waals surface area contributed by atoms with E-state index in [0.29, 0.717) is 50.7 Å². The second-order valence-electron chi connectivity index (χ2n) is 8.88. The first kappa shape index (κ1) is 26.5. The average molecular weight is 534 g/mol. The molecule has 0 aliphatic carbocycles. The Labute approximate surface area is 231 Å². The number of pyridine rings is 1. The maximum absolute atomic E-state index is 13.9. The Balaban J connectivity index is 1.76. The largest absolute Gasteiger partial charge is 0.493 e. The number of benzene rings is 3. The Morgan fingerprint density at radius 3 is 2.48 bits per heavy atom. The summed E-state index contributed by atoms with van der Waals surface area (Å²) in [5, 5.41) is 9.57. The van der Waals surface area contributed by atoms with Crippen LogP contribution in [0.4, 0.5) is 0 Å². The van der Waals surface area contributed by atoms with Gasteiger partial charge in [0.25, 0.3) is 0 Å². The Hall–Kier alpha value is -5.06. The van der Waals surface area contributed by atoms with Crippen LogP contribution in [0, 0.1) is 11.8 Å². The molecule has 5 rings (SSSR count). The fourth-order valence-electron chi connectivity index (χ4n) is 4.42. The van der Waals surface area contributed by atoms with Gasteiger partial charge in [-0.15, -0.1) is 0 Å². The normalized spacial score (nSPS) is 10.6. The Morgan fingerprint density at radius 2 is 1.75 bits per heavy atom. The van der Waals surface area contributed by atoms with Crippen molar-refractivity contribution in [2.45, 2.75) is 6.42 Å². The van der Waals surface area contributed by atoms with Gasteiger partial charge < -0.3 is 23.7 Å². The van der Waals surface area contributed by atoms with E-state index in [2.05, 4.69) is 16.8 Å². The Bertz CT molecular complexity index is 1750. The summed E-state index contributed by atoms with van der Waals surface area (Å²) in [7, 11) is 3.09. The number of hydrogen-bond acceptors (Lipinski definition) is 7. The van der Waals surface area contributed by atoms with Crippen LogP contribution in [0.2, 0.25) is 0 Å². The van der Waals surface area contributed by atoms with Crippen molar-refractivity contribution < 1.29 is 23.7 Å². The van der Waals surface area contributed by atoms with Gasteiger partial charge in [0.2, 0.25) is 0 Å². The summed E-state index contributed by atoms with van der Waals surface area (Å²) in [4.78, 5) is 18.2. The molecular formula is C33H27NO6. The molecule has 3 aromatic carbocycles. The van der Waals surface area contributed by atoms with Crippen molar-refractivity contribution in [3.8, 4) is 40.4 Å². The molecule has 5 aromatic rings. The van der Waals surface area contributed by atoms with E-state index in [9.17, 15) is 4.79 Å². The van der Waals surface area contributed by atoms with Crippen LogP contribution in [-0.4, -0.2) is 37.5 Å². The molecule has 1 N–H and O–H groups in total. The molecule has 0 amide bonds. The minimum atomic E-state index is -0.185. The molecule has 0 radical (unpaired) electrons. The maximum atomic E-state index is 13.9. The summed E-state index contributed by atoms with van der Waals surface area (Å²) in [6.45, 7) is -0.0140. The van der Waals surface area contributed by atoms with Crippen LogP contribution < -0.4 is 19.6 Å². The van der Waals surface area contributed by atoms with Gasteiger partial charge in [0.1, 0.15) is 23.7 Å². The Kier molecular flexibility index (Phi) is 8.10. The van der Waals surface area contributed by atoms with Crippen LogP contribution in [-0.2, 0) is 6.42 Å². The second-order valence-corrected chi connectivity index (χ2v) is 8.88. The molecule has 2 aromatic heterocycles.